The Morgan fingerprint density at radius 1 is 0.864 bits per heavy atom. The third-order valence-electron chi connectivity index (χ3n) is 8.49. The molecule has 8 nitrogen and oxygen atoms in total. The summed E-state index contributed by atoms with van der Waals surface area (Å²) in [6, 6.07) is 24.7. The largest absolute Gasteiger partial charge is 0.495 e. The van der Waals surface area contributed by atoms with Crippen LogP contribution in [0.1, 0.15) is 27.1 Å². The third-order valence-corrected chi connectivity index (χ3v) is 9.46. The number of fused-ring (bicyclic) bond motifs is 1. The topological polar surface area (TPSA) is 68.4 Å². The summed E-state index contributed by atoms with van der Waals surface area (Å²) in [6.45, 7) is 7.97. The third kappa shape index (κ3) is 6.50. The minimum absolute atomic E-state index is 0.0730. The molecule has 0 bridgehead atoms. The number of hydrogen-bond donors (Lipinski definition) is 1. The minimum atomic E-state index is -0.242. The SMILES string of the molecule is COc1cc(C(=O)N2CCCN(CCN3CCN(C)CC3)c3sccc32)ccc1NC(=O)c1ccccc1-c1ccccc1. The van der Waals surface area contributed by atoms with Gasteiger partial charge >= 0.3 is 0 Å². The molecule has 1 aromatic heterocycles. The Kier molecular flexibility index (Phi) is 9.26. The molecule has 2 amide bonds. The maximum Gasteiger partial charge on any atom is 0.258 e. The Morgan fingerprint density at radius 3 is 2.43 bits per heavy atom. The van der Waals surface area contributed by atoms with Crippen LogP contribution in [0.5, 0.6) is 5.75 Å². The van der Waals surface area contributed by atoms with Gasteiger partial charge in [0, 0.05) is 63.5 Å². The van der Waals surface area contributed by atoms with Crippen LogP contribution in [0.25, 0.3) is 11.1 Å². The number of hydrogen-bond acceptors (Lipinski definition) is 7. The van der Waals surface area contributed by atoms with E-state index >= 15 is 0 Å². The van der Waals surface area contributed by atoms with Gasteiger partial charge in [0.05, 0.1) is 18.5 Å². The van der Waals surface area contributed by atoms with E-state index in [1.807, 2.05) is 59.5 Å². The predicted octanol–water partition coefficient (Wildman–Crippen LogP) is 5.78. The Hall–Kier alpha value is -4.18. The van der Waals surface area contributed by atoms with Gasteiger partial charge < -0.3 is 24.8 Å². The normalized spacial score (nSPS) is 15.9. The Morgan fingerprint density at radius 2 is 1.64 bits per heavy atom. The molecule has 228 valence electrons. The molecule has 3 heterocycles. The first-order chi connectivity index (χ1) is 21.5. The monoisotopic (exact) mass is 609 g/mol. The van der Waals surface area contributed by atoms with Crippen LogP contribution in [0.4, 0.5) is 16.4 Å². The zero-order chi connectivity index (χ0) is 30.5. The number of carbonyl (C=O) groups excluding carboxylic acids is 2. The molecule has 0 atom stereocenters. The van der Waals surface area contributed by atoms with Crippen molar-refractivity contribution in [3.05, 3.63) is 95.4 Å². The lowest BCUT2D eigenvalue weighted by atomic mass is 9.99. The number of methoxy groups -OCH3 is 1. The van der Waals surface area contributed by atoms with E-state index < -0.39 is 0 Å². The quantitative estimate of drug-likeness (QED) is 0.273. The smallest absolute Gasteiger partial charge is 0.258 e. The van der Waals surface area contributed by atoms with Gasteiger partial charge in [-0.1, -0.05) is 48.5 Å². The number of nitrogens with zero attached hydrogens (tertiary/aromatic N) is 4. The lowest BCUT2D eigenvalue weighted by Crippen LogP contribution is -2.47. The van der Waals surface area contributed by atoms with Crippen LogP contribution in [0.2, 0.25) is 0 Å². The van der Waals surface area contributed by atoms with E-state index in [-0.39, 0.29) is 11.8 Å². The molecule has 2 aliphatic heterocycles. The molecule has 1 N–H and O–H groups in total. The molecule has 4 aromatic rings. The van der Waals surface area contributed by atoms with E-state index in [0.717, 1.165) is 74.0 Å². The van der Waals surface area contributed by atoms with Gasteiger partial charge in [0.1, 0.15) is 10.8 Å². The van der Waals surface area contributed by atoms with E-state index in [4.69, 9.17) is 4.74 Å². The van der Waals surface area contributed by atoms with Crippen molar-refractivity contribution in [3.8, 4) is 16.9 Å². The van der Waals surface area contributed by atoms with Crippen LogP contribution < -0.4 is 19.9 Å². The van der Waals surface area contributed by atoms with Crippen molar-refractivity contribution in [2.75, 3.05) is 81.6 Å². The molecule has 2 aliphatic rings. The number of ether oxygens (including phenoxy) is 1. The van der Waals surface area contributed by atoms with Crippen LogP contribution in [0, 0.1) is 0 Å². The van der Waals surface area contributed by atoms with Crippen molar-refractivity contribution in [1.82, 2.24) is 9.80 Å². The Bertz CT molecular complexity index is 1600. The fourth-order valence-electron chi connectivity index (χ4n) is 5.96. The molecule has 0 spiro atoms. The van der Waals surface area contributed by atoms with Crippen molar-refractivity contribution >= 4 is 39.5 Å². The second-order valence-corrected chi connectivity index (χ2v) is 12.2. The standard InChI is InChI=1S/C35H39N5O3S/c1-37-18-20-38(21-19-37)22-23-39-16-8-17-40(31-15-24-44-35(31)39)34(42)27-13-14-30(32(25-27)43-2)36-33(41)29-12-7-6-11-28(29)26-9-4-3-5-10-26/h3-7,9-15,24-25H,8,16-23H2,1-2H3,(H,36,41). The van der Waals surface area contributed by atoms with Crippen molar-refractivity contribution in [3.63, 3.8) is 0 Å². The fraction of sp³-hybridized carbons (Fsp3) is 0.314. The van der Waals surface area contributed by atoms with Crippen LogP contribution in [0.3, 0.4) is 0 Å². The first-order valence-corrected chi connectivity index (χ1v) is 16.1. The summed E-state index contributed by atoms with van der Waals surface area (Å²) in [6.07, 6.45) is 0.891. The molecule has 6 rings (SSSR count). The molecule has 9 heteroatoms. The summed E-state index contributed by atoms with van der Waals surface area (Å²) in [5, 5.41) is 6.23. The summed E-state index contributed by atoms with van der Waals surface area (Å²) in [5.41, 5.74) is 4.38. The number of amides is 2. The molecular weight excluding hydrogens is 570 g/mol. The van der Waals surface area contributed by atoms with E-state index in [2.05, 4.69) is 38.5 Å². The summed E-state index contributed by atoms with van der Waals surface area (Å²) in [5.74, 6) is 0.126. The summed E-state index contributed by atoms with van der Waals surface area (Å²) < 4.78 is 5.67. The van der Waals surface area contributed by atoms with Gasteiger partial charge in [-0.15, -0.1) is 11.3 Å². The lowest BCUT2D eigenvalue weighted by Gasteiger charge is -2.34. The number of likely N-dealkylation sites (N-methyl/N-ethyl adjacent to an activating group) is 1. The van der Waals surface area contributed by atoms with Gasteiger partial charge in [0.25, 0.3) is 11.8 Å². The van der Waals surface area contributed by atoms with Crippen molar-refractivity contribution in [2.45, 2.75) is 6.42 Å². The maximum absolute atomic E-state index is 13.9. The molecule has 0 saturated carbocycles. The predicted molar refractivity (Wildman–Crippen MR) is 180 cm³/mol. The summed E-state index contributed by atoms with van der Waals surface area (Å²) in [4.78, 5) is 36.6. The van der Waals surface area contributed by atoms with Crippen LogP contribution in [-0.2, 0) is 0 Å². The maximum atomic E-state index is 13.9. The van der Waals surface area contributed by atoms with Gasteiger partial charge in [0.15, 0.2) is 0 Å². The Labute approximate surface area is 263 Å². The molecule has 3 aromatic carbocycles. The van der Waals surface area contributed by atoms with Gasteiger partial charge in [-0.2, -0.15) is 0 Å². The van der Waals surface area contributed by atoms with Gasteiger partial charge in [-0.25, -0.2) is 0 Å². The van der Waals surface area contributed by atoms with Gasteiger partial charge in [0.2, 0.25) is 0 Å². The highest BCUT2D eigenvalue weighted by atomic mass is 32.1. The van der Waals surface area contributed by atoms with Crippen molar-refractivity contribution in [1.29, 1.82) is 0 Å². The minimum Gasteiger partial charge on any atom is -0.495 e. The zero-order valence-electron chi connectivity index (χ0n) is 25.4. The summed E-state index contributed by atoms with van der Waals surface area (Å²) >= 11 is 1.70. The molecule has 44 heavy (non-hydrogen) atoms. The molecule has 0 radical (unpaired) electrons. The zero-order valence-corrected chi connectivity index (χ0v) is 26.2. The Balaban J connectivity index is 1.17. The molecule has 0 unspecified atom stereocenters. The van der Waals surface area contributed by atoms with Gasteiger partial charge in [-0.3, -0.25) is 14.5 Å². The van der Waals surface area contributed by atoms with Gasteiger partial charge in [-0.05, 0) is 60.3 Å². The first-order valence-electron chi connectivity index (χ1n) is 15.2. The van der Waals surface area contributed by atoms with E-state index in [1.54, 1.807) is 36.6 Å². The number of benzene rings is 3. The molecule has 1 saturated heterocycles. The molecule has 1 fully saturated rings. The number of carbonyl (C=O) groups is 2. The number of piperazine rings is 1. The first kappa shape index (κ1) is 29.9. The average Bonchev–Trinajstić information content (AvgIpc) is 3.48. The molecular formula is C35H39N5O3S. The van der Waals surface area contributed by atoms with Crippen LogP contribution in [-0.4, -0.2) is 88.1 Å². The van der Waals surface area contributed by atoms with Crippen molar-refractivity contribution in [2.24, 2.45) is 0 Å². The highest BCUT2D eigenvalue weighted by Crippen LogP contribution is 2.39. The van der Waals surface area contributed by atoms with Crippen LogP contribution in [0.15, 0.2) is 84.2 Å². The van der Waals surface area contributed by atoms with Crippen molar-refractivity contribution < 1.29 is 14.3 Å². The second-order valence-electron chi connectivity index (χ2n) is 11.3. The lowest BCUT2D eigenvalue weighted by molar-refractivity contribution is 0.0986. The van der Waals surface area contributed by atoms with E-state index in [1.165, 1.54) is 0 Å². The highest BCUT2D eigenvalue weighted by molar-refractivity contribution is 7.15. The molecule has 0 aliphatic carbocycles. The highest BCUT2D eigenvalue weighted by Gasteiger charge is 2.28. The second kappa shape index (κ2) is 13.6. The van der Waals surface area contributed by atoms with E-state index in [9.17, 15) is 9.59 Å². The number of anilines is 3. The van der Waals surface area contributed by atoms with Crippen LogP contribution >= 0.6 is 11.3 Å². The summed E-state index contributed by atoms with van der Waals surface area (Å²) in [7, 11) is 3.74. The number of thiophene rings is 1. The fourth-order valence-corrected chi connectivity index (χ4v) is 6.92. The number of nitrogens with one attached hydrogen (secondary N) is 1. The average molecular weight is 610 g/mol. The van der Waals surface area contributed by atoms with E-state index in [0.29, 0.717) is 29.1 Å². The number of rotatable bonds is 8.